The van der Waals surface area contributed by atoms with Gasteiger partial charge in [0.2, 0.25) is 11.9 Å². The summed E-state index contributed by atoms with van der Waals surface area (Å²) in [6.07, 6.45) is 3.60. The molecule has 0 aromatic carbocycles. The highest BCUT2D eigenvalue weighted by molar-refractivity contribution is 5.91. The summed E-state index contributed by atoms with van der Waals surface area (Å²) >= 11 is 0. The smallest absolute Gasteiger partial charge is 0.215 e. The zero-order chi connectivity index (χ0) is 9.68. The number of hydrazine groups is 1. The van der Waals surface area contributed by atoms with Gasteiger partial charge in [0.25, 0.3) is 0 Å². The number of guanidine groups is 2. The summed E-state index contributed by atoms with van der Waals surface area (Å²) in [4.78, 5) is 3.57. The Morgan fingerprint density at radius 1 is 1.21 bits per heavy atom. The topological polar surface area (TPSA) is 104 Å². The highest BCUT2D eigenvalue weighted by Gasteiger charge is 2.09. The first-order chi connectivity index (χ1) is 6.18. The van der Waals surface area contributed by atoms with Crippen molar-refractivity contribution < 1.29 is 0 Å². The van der Waals surface area contributed by atoms with E-state index in [2.05, 4.69) is 10.4 Å². The van der Waals surface area contributed by atoms with Crippen molar-refractivity contribution in [1.82, 2.24) is 10.4 Å². The normalized spacial score (nSPS) is 18.4. The molecule has 0 aliphatic carbocycles. The predicted molar refractivity (Wildman–Crippen MR) is 59.3 cm³/mol. The molecule has 1 saturated heterocycles. The summed E-state index contributed by atoms with van der Waals surface area (Å²) < 4.78 is 0. The fourth-order valence-electron chi connectivity index (χ4n) is 1.32. The van der Waals surface area contributed by atoms with E-state index in [1.807, 2.05) is 5.01 Å². The minimum atomic E-state index is -0.276. The standard InChI is InChI=1S/C7H16N6.ClH/c8-6(9)11-7(10)12-13-4-2-1-3-5-13;/h1-5H2,(H6,8,9,10,11,12);1H. The number of nitrogens with zero attached hydrogens (tertiary/aromatic N) is 2. The zero-order valence-corrected chi connectivity index (χ0v) is 8.81. The molecule has 1 fully saturated rings. The molecule has 82 valence electrons. The Hall–Kier alpha value is -1.01. The van der Waals surface area contributed by atoms with Crippen LogP contribution in [0.4, 0.5) is 0 Å². The summed E-state index contributed by atoms with van der Waals surface area (Å²) in [5.41, 5.74) is 13.4. The maximum absolute atomic E-state index is 6.89. The molecule has 0 radical (unpaired) electrons. The second-order valence-electron chi connectivity index (χ2n) is 3.04. The molecule has 7 heteroatoms. The van der Waals surface area contributed by atoms with Gasteiger partial charge in [-0.05, 0) is 12.8 Å². The van der Waals surface area contributed by atoms with Crippen LogP contribution < -0.4 is 16.9 Å². The summed E-state index contributed by atoms with van der Waals surface area (Å²) in [6.45, 7) is 1.93. The molecule has 0 saturated carbocycles. The third-order valence-electron chi connectivity index (χ3n) is 1.87. The van der Waals surface area contributed by atoms with E-state index in [4.69, 9.17) is 16.9 Å². The first kappa shape index (κ1) is 13.0. The second kappa shape index (κ2) is 6.44. The number of halogens is 1. The first-order valence-electron chi connectivity index (χ1n) is 4.38. The number of nitrogens with one attached hydrogen (secondary N) is 2. The van der Waals surface area contributed by atoms with Gasteiger partial charge in [0.15, 0.2) is 0 Å². The lowest BCUT2D eigenvalue weighted by molar-refractivity contribution is 0.194. The van der Waals surface area contributed by atoms with Crippen LogP contribution in [0.3, 0.4) is 0 Å². The van der Waals surface area contributed by atoms with Crippen LogP contribution in [0.15, 0.2) is 4.99 Å². The first-order valence-corrected chi connectivity index (χ1v) is 4.38. The minimum Gasteiger partial charge on any atom is -0.368 e. The number of hydrogen-bond acceptors (Lipinski definition) is 2. The summed E-state index contributed by atoms with van der Waals surface area (Å²) in [6, 6.07) is 0. The maximum atomic E-state index is 6.89. The Labute approximate surface area is 89.6 Å². The molecule has 6 N–H and O–H groups in total. The fourth-order valence-corrected chi connectivity index (χ4v) is 1.32. The molecule has 0 atom stereocenters. The van der Waals surface area contributed by atoms with Crippen molar-refractivity contribution in [3.05, 3.63) is 0 Å². The van der Waals surface area contributed by atoms with Crippen molar-refractivity contribution in [2.75, 3.05) is 13.1 Å². The van der Waals surface area contributed by atoms with Crippen LogP contribution in [0.5, 0.6) is 0 Å². The van der Waals surface area contributed by atoms with E-state index < -0.39 is 0 Å². The van der Waals surface area contributed by atoms with Gasteiger partial charge in [-0.1, -0.05) is 6.42 Å². The van der Waals surface area contributed by atoms with Crippen molar-refractivity contribution in [1.29, 1.82) is 5.41 Å². The van der Waals surface area contributed by atoms with Crippen molar-refractivity contribution in [2.45, 2.75) is 19.3 Å². The van der Waals surface area contributed by atoms with Gasteiger partial charge in [0.05, 0.1) is 0 Å². The molecular formula is C7H17ClN6. The number of nitrogens with two attached hydrogens (primary N) is 2. The monoisotopic (exact) mass is 220 g/mol. The van der Waals surface area contributed by atoms with Crippen LogP contribution in [0.1, 0.15) is 19.3 Å². The van der Waals surface area contributed by atoms with E-state index in [1.54, 1.807) is 0 Å². The lowest BCUT2D eigenvalue weighted by Gasteiger charge is -2.26. The van der Waals surface area contributed by atoms with E-state index in [1.165, 1.54) is 19.3 Å². The van der Waals surface area contributed by atoms with Crippen LogP contribution in [0, 0.1) is 5.41 Å². The molecule has 0 amide bonds. The Balaban J connectivity index is 0.00000169. The molecule has 0 aromatic heterocycles. The lowest BCUT2D eigenvalue weighted by atomic mass is 10.2. The number of rotatable bonds is 1. The average Bonchev–Trinajstić information content (AvgIpc) is 2.04. The van der Waals surface area contributed by atoms with Crippen LogP contribution >= 0.6 is 12.4 Å². The molecule has 0 spiro atoms. The molecule has 1 aliphatic heterocycles. The van der Waals surface area contributed by atoms with Gasteiger partial charge in [-0.25, -0.2) is 5.01 Å². The Morgan fingerprint density at radius 2 is 1.79 bits per heavy atom. The summed E-state index contributed by atoms with van der Waals surface area (Å²) in [5, 5.41) is 8.89. The highest BCUT2D eigenvalue weighted by atomic mass is 35.5. The largest absolute Gasteiger partial charge is 0.368 e. The van der Waals surface area contributed by atoms with Gasteiger partial charge in [0, 0.05) is 13.1 Å². The number of hydrogen-bond donors (Lipinski definition) is 4. The minimum absolute atomic E-state index is 0. The van der Waals surface area contributed by atoms with Crippen molar-refractivity contribution in [3.8, 4) is 0 Å². The molecule has 0 aromatic rings. The SMILES string of the molecule is Cl.N=C(N)/N=C(\N)NN1CCCCC1. The zero-order valence-electron chi connectivity index (χ0n) is 7.99. The molecule has 0 unspecified atom stereocenters. The number of piperidine rings is 1. The number of aliphatic imine (C=N–C) groups is 1. The molecular weight excluding hydrogens is 204 g/mol. The third kappa shape index (κ3) is 4.88. The van der Waals surface area contributed by atoms with Crippen molar-refractivity contribution in [2.24, 2.45) is 16.5 Å². The van der Waals surface area contributed by atoms with Gasteiger partial charge in [0.1, 0.15) is 0 Å². The van der Waals surface area contributed by atoms with E-state index in [0.717, 1.165) is 13.1 Å². The van der Waals surface area contributed by atoms with Gasteiger partial charge in [-0.3, -0.25) is 10.8 Å². The summed E-state index contributed by atoms with van der Waals surface area (Å²) in [5.74, 6) is -0.0867. The molecule has 6 nitrogen and oxygen atoms in total. The fraction of sp³-hybridized carbons (Fsp3) is 0.714. The van der Waals surface area contributed by atoms with Gasteiger partial charge in [-0.15, -0.1) is 12.4 Å². The third-order valence-corrected chi connectivity index (χ3v) is 1.87. The Bertz CT molecular complexity index is 210. The van der Waals surface area contributed by atoms with E-state index in [-0.39, 0.29) is 24.3 Å². The molecule has 1 heterocycles. The van der Waals surface area contributed by atoms with Gasteiger partial charge in [-0.2, -0.15) is 4.99 Å². The summed E-state index contributed by atoms with van der Waals surface area (Å²) in [7, 11) is 0. The Kier molecular flexibility index (Phi) is 5.98. The van der Waals surface area contributed by atoms with Gasteiger partial charge >= 0.3 is 0 Å². The quantitative estimate of drug-likeness (QED) is 0.357. The molecule has 14 heavy (non-hydrogen) atoms. The predicted octanol–water partition coefficient (Wildman–Crippen LogP) is -0.393. The van der Waals surface area contributed by atoms with E-state index in [9.17, 15) is 0 Å². The second-order valence-corrected chi connectivity index (χ2v) is 3.04. The van der Waals surface area contributed by atoms with Crippen LogP contribution in [-0.4, -0.2) is 30.0 Å². The average molecular weight is 221 g/mol. The molecule has 1 rings (SSSR count). The van der Waals surface area contributed by atoms with Crippen LogP contribution in [-0.2, 0) is 0 Å². The van der Waals surface area contributed by atoms with Gasteiger partial charge < -0.3 is 11.5 Å². The molecule has 0 bridgehead atoms. The van der Waals surface area contributed by atoms with E-state index in [0.29, 0.717) is 0 Å². The van der Waals surface area contributed by atoms with Crippen molar-refractivity contribution >= 4 is 24.3 Å². The lowest BCUT2D eigenvalue weighted by Crippen LogP contribution is -2.48. The van der Waals surface area contributed by atoms with E-state index >= 15 is 0 Å². The van der Waals surface area contributed by atoms with Crippen molar-refractivity contribution in [3.63, 3.8) is 0 Å². The Morgan fingerprint density at radius 3 is 2.29 bits per heavy atom. The molecule has 1 aliphatic rings. The van der Waals surface area contributed by atoms with Crippen LogP contribution in [0.25, 0.3) is 0 Å². The highest BCUT2D eigenvalue weighted by Crippen LogP contribution is 2.05. The van der Waals surface area contributed by atoms with Crippen LogP contribution in [0.2, 0.25) is 0 Å². The maximum Gasteiger partial charge on any atom is 0.215 e.